The second-order valence-corrected chi connectivity index (χ2v) is 9.54. The highest BCUT2D eigenvalue weighted by Gasteiger charge is 2.53. The Kier molecular flexibility index (Phi) is 7.04. The molecule has 1 aliphatic rings. The number of nitrogens with zero attached hydrogens (tertiary/aromatic N) is 1. The van der Waals surface area contributed by atoms with Crippen LogP contribution in [0.15, 0.2) is 85.1 Å². The number of para-hydroxylation sites is 1. The molecule has 1 aliphatic heterocycles. The van der Waals surface area contributed by atoms with Crippen molar-refractivity contribution in [3.63, 3.8) is 0 Å². The Bertz CT molecular complexity index is 1310. The average molecular weight is 485 g/mol. The summed E-state index contributed by atoms with van der Waals surface area (Å²) in [6.07, 6.45) is 2.92. The van der Waals surface area contributed by atoms with Crippen molar-refractivity contribution >= 4 is 16.9 Å². The summed E-state index contributed by atoms with van der Waals surface area (Å²) < 4.78 is 5.88. The van der Waals surface area contributed by atoms with Crippen molar-refractivity contribution in [3.8, 4) is 5.75 Å². The molecule has 1 aromatic heterocycles. The number of rotatable bonds is 11. The normalized spacial score (nSPS) is 20.7. The van der Waals surface area contributed by atoms with E-state index < -0.39 is 12.0 Å². The maximum absolute atomic E-state index is 11.8. The largest absolute Gasteiger partial charge is 0.489 e. The van der Waals surface area contributed by atoms with E-state index in [2.05, 4.69) is 35.5 Å². The predicted molar refractivity (Wildman–Crippen MR) is 140 cm³/mol. The first-order valence-corrected chi connectivity index (χ1v) is 12.3. The van der Waals surface area contributed by atoms with Crippen molar-refractivity contribution < 1.29 is 14.6 Å². The molecule has 0 aliphatic carbocycles. The zero-order chi connectivity index (χ0) is 25.1. The molecule has 4 aromatic rings. The molecule has 3 aromatic carbocycles. The van der Waals surface area contributed by atoms with Crippen LogP contribution in [-0.2, 0) is 17.8 Å². The molecule has 0 radical (unpaired) electrons. The van der Waals surface area contributed by atoms with Gasteiger partial charge in [-0.15, -0.1) is 0 Å². The molecule has 7 heteroatoms. The number of carboxylic acid groups (broad SMARTS) is 1. The van der Waals surface area contributed by atoms with E-state index in [-0.39, 0.29) is 18.1 Å². The molecule has 5 atom stereocenters. The number of aromatic amines is 1. The smallest absolute Gasteiger partial charge is 0.324 e. The summed E-state index contributed by atoms with van der Waals surface area (Å²) in [5, 5.41) is 12.6. The summed E-state index contributed by atoms with van der Waals surface area (Å²) in [4.78, 5) is 15.1. The Balaban J connectivity index is 1.14. The van der Waals surface area contributed by atoms with Gasteiger partial charge < -0.3 is 20.6 Å². The van der Waals surface area contributed by atoms with Crippen LogP contribution < -0.4 is 15.9 Å². The molecule has 36 heavy (non-hydrogen) atoms. The van der Waals surface area contributed by atoms with Crippen LogP contribution in [0.1, 0.15) is 36.0 Å². The van der Waals surface area contributed by atoms with Crippen molar-refractivity contribution in [2.45, 2.75) is 50.5 Å². The Hall–Kier alpha value is -3.65. The molecule has 5 rings (SSSR count). The van der Waals surface area contributed by atoms with Gasteiger partial charge in [-0.05, 0) is 53.6 Å². The Morgan fingerprint density at radius 2 is 1.81 bits per heavy atom. The molecule has 1 saturated heterocycles. The number of fused-ring (bicyclic) bond motifs is 1. The Morgan fingerprint density at radius 3 is 2.56 bits per heavy atom. The lowest BCUT2D eigenvalue weighted by Crippen LogP contribution is -2.43. The third-order valence-corrected chi connectivity index (χ3v) is 6.91. The lowest BCUT2D eigenvalue weighted by Gasteiger charge is -2.20. The minimum absolute atomic E-state index is 0.135. The number of hydrogen-bond acceptors (Lipinski definition) is 5. The number of H-pyrrole nitrogens is 1. The van der Waals surface area contributed by atoms with Gasteiger partial charge in [-0.25, -0.2) is 10.4 Å². The topological polar surface area (TPSA) is 103 Å². The zero-order valence-electron chi connectivity index (χ0n) is 20.3. The van der Waals surface area contributed by atoms with Crippen LogP contribution in [0.2, 0.25) is 0 Å². The van der Waals surface area contributed by atoms with Crippen molar-refractivity contribution in [1.29, 1.82) is 0 Å². The van der Waals surface area contributed by atoms with E-state index in [1.807, 2.05) is 66.9 Å². The van der Waals surface area contributed by atoms with E-state index in [9.17, 15) is 9.90 Å². The molecule has 0 bridgehead atoms. The van der Waals surface area contributed by atoms with E-state index in [1.54, 1.807) is 5.01 Å². The number of nitrogens with one attached hydrogen (secondary N) is 2. The average Bonchev–Trinajstić information content (AvgIpc) is 3.40. The quantitative estimate of drug-likeness (QED) is 0.186. The number of aromatic nitrogens is 1. The SMILES string of the molecule is CC(CC(N)NN1[C@H](Cc2c[nH]c3ccccc23)[C@@H]1C(=O)O)c1ccc(OCc2ccccc2)cc1. The van der Waals surface area contributed by atoms with Gasteiger partial charge in [0.15, 0.2) is 0 Å². The van der Waals surface area contributed by atoms with Gasteiger partial charge in [-0.1, -0.05) is 67.6 Å². The maximum Gasteiger partial charge on any atom is 0.324 e. The molecule has 7 nitrogen and oxygen atoms in total. The number of carbonyl (C=O) groups is 1. The van der Waals surface area contributed by atoms with Gasteiger partial charge in [0.05, 0.1) is 12.2 Å². The first kappa shape index (κ1) is 24.1. The van der Waals surface area contributed by atoms with Gasteiger partial charge in [0.2, 0.25) is 0 Å². The summed E-state index contributed by atoms with van der Waals surface area (Å²) in [6, 6.07) is 25.5. The van der Waals surface area contributed by atoms with Gasteiger partial charge in [-0.2, -0.15) is 0 Å². The van der Waals surface area contributed by atoms with Crippen molar-refractivity contribution in [1.82, 2.24) is 15.4 Å². The monoisotopic (exact) mass is 484 g/mol. The summed E-state index contributed by atoms with van der Waals surface area (Å²) in [5.74, 6) is 0.190. The summed E-state index contributed by atoms with van der Waals surface area (Å²) in [7, 11) is 0. The van der Waals surface area contributed by atoms with Gasteiger partial charge in [0.25, 0.3) is 0 Å². The van der Waals surface area contributed by atoms with Crippen LogP contribution in [0.5, 0.6) is 5.75 Å². The van der Waals surface area contributed by atoms with Crippen LogP contribution >= 0.6 is 0 Å². The molecular formula is C29H32N4O3. The van der Waals surface area contributed by atoms with Gasteiger partial charge in [0, 0.05) is 17.1 Å². The summed E-state index contributed by atoms with van der Waals surface area (Å²) >= 11 is 0. The molecule has 5 N–H and O–H groups in total. The second-order valence-electron chi connectivity index (χ2n) is 9.54. The number of ether oxygens (including phenoxy) is 1. The van der Waals surface area contributed by atoms with Crippen molar-refractivity contribution in [2.24, 2.45) is 5.73 Å². The van der Waals surface area contributed by atoms with Crippen LogP contribution in [0.25, 0.3) is 10.9 Å². The first-order valence-electron chi connectivity index (χ1n) is 12.3. The fourth-order valence-electron chi connectivity index (χ4n) is 4.87. The second kappa shape index (κ2) is 10.5. The van der Waals surface area contributed by atoms with Crippen LogP contribution in [0, 0.1) is 0 Å². The molecule has 0 spiro atoms. The third kappa shape index (κ3) is 5.44. The van der Waals surface area contributed by atoms with Crippen LogP contribution in [0.3, 0.4) is 0 Å². The summed E-state index contributed by atoms with van der Waals surface area (Å²) in [5.41, 5.74) is 14.1. The molecular weight excluding hydrogens is 452 g/mol. The highest BCUT2D eigenvalue weighted by molar-refractivity contribution is 5.84. The predicted octanol–water partition coefficient (Wildman–Crippen LogP) is 4.41. The fraction of sp³-hybridized carbons (Fsp3) is 0.276. The molecule has 2 heterocycles. The van der Waals surface area contributed by atoms with Gasteiger partial charge >= 0.3 is 5.97 Å². The van der Waals surface area contributed by atoms with Gasteiger partial charge in [0.1, 0.15) is 18.4 Å². The molecule has 1 fully saturated rings. The van der Waals surface area contributed by atoms with E-state index in [0.29, 0.717) is 19.4 Å². The minimum Gasteiger partial charge on any atom is -0.489 e. The first-order chi connectivity index (χ1) is 17.5. The number of aliphatic carboxylic acids is 1. The van der Waals surface area contributed by atoms with Crippen LogP contribution in [0.4, 0.5) is 0 Å². The number of carboxylic acids is 1. The highest BCUT2D eigenvalue weighted by atomic mass is 16.5. The standard InChI is InChI=1S/C29H32N4O3/c1-19(21-11-13-23(14-12-21)36-18-20-7-3-2-4-8-20)15-27(30)32-33-26(28(33)29(34)35)16-22-17-31-25-10-6-5-9-24(22)25/h2-14,17,19,26-28,31-32H,15-16,18,30H2,1H3,(H,34,35)/t19?,26-,27?,28-,33?/m1/s1. The maximum atomic E-state index is 11.8. The Morgan fingerprint density at radius 1 is 1.08 bits per heavy atom. The van der Waals surface area contributed by atoms with E-state index >= 15 is 0 Å². The summed E-state index contributed by atoms with van der Waals surface area (Å²) in [6.45, 7) is 2.66. The lowest BCUT2D eigenvalue weighted by molar-refractivity contribution is -0.137. The van der Waals surface area contributed by atoms with Gasteiger partial charge in [-0.3, -0.25) is 4.79 Å². The van der Waals surface area contributed by atoms with Crippen molar-refractivity contribution in [2.75, 3.05) is 0 Å². The molecule has 0 amide bonds. The fourth-order valence-corrected chi connectivity index (χ4v) is 4.87. The zero-order valence-corrected chi connectivity index (χ0v) is 20.3. The van der Waals surface area contributed by atoms with E-state index in [1.165, 1.54) is 0 Å². The molecule has 186 valence electrons. The highest BCUT2D eigenvalue weighted by Crippen LogP contribution is 2.32. The van der Waals surface area contributed by atoms with E-state index in [0.717, 1.165) is 33.3 Å². The van der Waals surface area contributed by atoms with Crippen molar-refractivity contribution in [3.05, 3.63) is 102 Å². The van der Waals surface area contributed by atoms with Crippen LogP contribution in [-0.4, -0.2) is 39.3 Å². The molecule has 0 saturated carbocycles. The Labute approximate surface area is 210 Å². The van der Waals surface area contributed by atoms with E-state index in [4.69, 9.17) is 10.5 Å². The lowest BCUT2D eigenvalue weighted by atomic mass is 9.96. The third-order valence-electron chi connectivity index (χ3n) is 6.91. The number of benzene rings is 3. The number of hydrogen-bond donors (Lipinski definition) is 4. The molecule has 3 unspecified atom stereocenters. The minimum atomic E-state index is -0.835. The number of nitrogens with two attached hydrogens (primary N) is 1. The number of hydrazine groups is 1.